The Bertz CT molecular complexity index is 326. The number of ether oxygens (including phenoxy) is 1. The van der Waals surface area contributed by atoms with Crippen LogP contribution in [0.1, 0.15) is 49.7 Å². The summed E-state index contributed by atoms with van der Waals surface area (Å²) >= 11 is 4.25. The van der Waals surface area contributed by atoms with Gasteiger partial charge in [0, 0.05) is 5.75 Å². The zero-order chi connectivity index (χ0) is 13.4. The van der Waals surface area contributed by atoms with Crippen LogP contribution < -0.4 is 4.74 Å². The van der Waals surface area contributed by atoms with Gasteiger partial charge in [0.15, 0.2) is 0 Å². The van der Waals surface area contributed by atoms with Crippen LogP contribution in [0.5, 0.6) is 5.75 Å². The van der Waals surface area contributed by atoms with Gasteiger partial charge in [0.25, 0.3) is 0 Å². The van der Waals surface area contributed by atoms with Gasteiger partial charge in [-0.1, -0.05) is 26.7 Å². The van der Waals surface area contributed by atoms with E-state index < -0.39 is 0 Å². The molecule has 96 valence electrons. The van der Waals surface area contributed by atoms with Crippen LogP contribution in [0, 0.1) is 19.9 Å². The van der Waals surface area contributed by atoms with Gasteiger partial charge >= 0.3 is 30.0 Å². The third-order valence-corrected chi connectivity index (χ3v) is 3.40. The molecule has 0 unspecified atom stereocenters. The molecule has 0 aromatic heterocycles. The van der Waals surface area contributed by atoms with Crippen molar-refractivity contribution in [1.29, 1.82) is 0 Å². The summed E-state index contributed by atoms with van der Waals surface area (Å²) in [5, 5.41) is 0. The fourth-order valence-electron chi connectivity index (χ4n) is 2.45. The van der Waals surface area contributed by atoms with Crippen molar-refractivity contribution in [2.45, 2.75) is 58.5 Å². The number of benzene rings is 1. The first-order chi connectivity index (χ1) is 8.77. The maximum absolute atomic E-state index is 6.18. The quantitative estimate of drug-likeness (QED) is 0.406. The minimum atomic E-state index is 0.433. The van der Waals surface area contributed by atoms with Crippen molar-refractivity contribution in [3.8, 4) is 5.75 Å². The van der Waals surface area contributed by atoms with Crippen LogP contribution in [0.15, 0.2) is 12.1 Å². The van der Waals surface area contributed by atoms with Gasteiger partial charge < -0.3 is 4.74 Å². The Morgan fingerprint density at radius 2 is 1.56 bits per heavy atom. The fourth-order valence-corrected chi connectivity index (χ4v) is 2.45. The second-order valence-corrected chi connectivity index (χ2v) is 4.88. The van der Waals surface area contributed by atoms with Crippen molar-refractivity contribution in [2.75, 3.05) is 0 Å². The van der Waals surface area contributed by atoms with E-state index in [1.54, 1.807) is 0 Å². The van der Waals surface area contributed by atoms with E-state index in [2.05, 4.69) is 33.5 Å². The van der Waals surface area contributed by atoms with E-state index in [1.807, 2.05) is 12.1 Å². The van der Waals surface area contributed by atoms with E-state index in [1.165, 1.54) is 66.0 Å². The first kappa shape index (κ1) is 16.2. The third kappa shape index (κ3) is 5.01. The number of rotatable bonds is 2. The average Bonchev–Trinajstić information content (AvgIpc) is 2.65. The van der Waals surface area contributed by atoms with Gasteiger partial charge in [0.2, 0.25) is 0 Å². The number of aryl methyl sites for hydroxylation is 2. The summed E-state index contributed by atoms with van der Waals surface area (Å²) < 4.78 is 6.18. The van der Waals surface area contributed by atoms with Crippen LogP contribution in [-0.4, -0.2) is 6.10 Å². The molecule has 1 aromatic carbocycles. The molecule has 1 aliphatic rings. The van der Waals surface area contributed by atoms with E-state index in [-0.39, 0.29) is 0 Å². The summed E-state index contributed by atoms with van der Waals surface area (Å²) in [6, 6.07) is 7.16. The molecule has 1 saturated carbocycles. The molecule has 2 rings (SSSR count). The summed E-state index contributed by atoms with van der Waals surface area (Å²) in [4.78, 5) is 0. The Labute approximate surface area is 128 Å². The van der Waals surface area contributed by atoms with Gasteiger partial charge in [-0.25, -0.2) is 0 Å². The van der Waals surface area contributed by atoms with Crippen LogP contribution in [0.4, 0.5) is 0 Å². The van der Waals surface area contributed by atoms with Crippen molar-refractivity contribution < 1.29 is 21.1 Å². The Hall–Kier alpha value is 0.123. The summed E-state index contributed by atoms with van der Waals surface area (Å²) in [6.07, 6.45) is 8.27. The van der Waals surface area contributed by atoms with E-state index in [0.29, 0.717) is 6.10 Å². The maximum atomic E-state index is 6.18. The Morgan fingerprint density at radius 3 is 2.06 bits per heavy atom. The Kier molecular flexibility index (Phi) is 8.17. The van der Waals surface area contributed by atoms with Crippen molar-refractivity contribution >= 4 is 13.6 Å². The molecular weight excluding hydrogens is 341 g/mol. The molecule has 18 heavy (non-hydrogen) atoms. The van der Waals surface area contributed by atoms with Gasteiger partial charge in [-0.05, 0) is 25.7 Å². The van der Waals surface area contributed by atoms with E-state index in [0.717, 1.165) is 5.75 Å². The first-order valence-electron chi connectivity index (χ1n) is 6.68. The SMILES string of the molecule is Cc1c[c-]cc(C)c1OC1CCCCCC1.[Zn+][Br]. The summed E-state index contributed by atoms with van der Waals surface area (Å²) in [5.41, 5.74) is 2.42. The van der Waals surface area contributed by atoms with Crippen LogP contribution >= 0.6 is 13.6 Å². The van der Waals surface area contributed by atoms with Crippen LogP contribution in [0.25, 0.3) is 0 Å². The Balaban J connectivity index is 0.000000771. The zero-order valence-corrected chi connectivity index (χ0v) is 16.0. The molecule has 1 nitrogen and oxygen atoms in total. The summed E-state index contributed by atoms with van der Waals surface area (Å²) in [6.45, 7) is 4.21. The monoisotopic (exact) mass is 360 g/mol. The van der Waals surface area contributed by atoms with Crippen LogP contribution in [-0.2, 0) is 16.3 Å². The van der Waals surface area contributed by atoms with Crippen molar-refractivity contribution in [1.82, 2.24) is 0 Å². The zero-order valence-electron chi connectivity index (χ0n) is 11.5. The normalized spacial score (nSPS) is 16.5. The summed E-state index contributed by atoms with van der Waals surface area (Å²) in [5.74, 6) is 1.09. The molecule has 0 bridgehead atoms. The molecule has 0 saturated heterocycles. The molecule has 0 radical (unpaired) electrons. The van der Waals surface area contributed by atoms with E-state index >= 15 is 0 Å². The minimum absolute atomic E-state index is 0.433. The molecule has 0 N–H and O–H groups in total. The van der Waals surface area contributed by atoms with E-state index in [9.17, 15) is 0 Å². The number of halogens is 1. The van der Waals surface area contributed by atoms with Gasteiger partial charge in [0.05, 0.1) is 6.10 Å². The second kappa shape index (κ2) is 9.09. The average molecular weight is 363 g/mol. The molecule has 0 heterocycles. The van der Waals surface area contributed by atoms with Gasteiger partial charge in [-0.2, -0.15) is 18.2 Å². The summed E-state index contributed by atoms with van der Waals surface area (Å²) in [7, 11) is 0. The number of hydrogen-bond acceptors (Lipinski definition) is 1. The molecule has 3 heteroatoms. The predicted octanol–water partition coefficient (Wildman–Crippen LogP) is 5.05. The third-order valence-electron chi connectivity index (χ3n) is 3.40. The molecule has 1 aliphatic carbocycles. The van der Waals surface area contributed by atoms with Crippen molar-refractivity contribution in [3.63, 3.8) is 0 Å². The fraction of sp³-hybridized carbons (Fsp3) is 0.600. The van der Waals surface area contributed by atoms with Crippen LogP contribution in [0.3, 0.4) is 0 Å². The molecular formula is C15H21BrOZn. The topological polar surface area (TPSA) is 9.23 Å². The molecule has 0 spiro atoms. The second-order valence-electron chi connectivity index (χ2n) is 4.88. The predicted molar refractivity (Wildman–Crippen MR) is 75.8 cm³/mol. The van der Waals surface area contributed by atoms with Crippen molar-refractivity contribution in [2.24, 2.45) is 0 Å². The number of hydrogen-bond donors (Lipinski definition) is 0. The first-order valence-corrected chi connectivity index (χ1v) is 13.6. The van der Waals surface area contributed by atoms with Gasteiger partial charge in [-0.15, -0.1) is 11.1 Å². The van der Waals surface area contributed by atoms with Gasteiger partial charge in [0.1, 0.15) is 0 Å². The molecule has 0 atom stereocenters. The van der Waals surface area contributed by atoms with Crippen LogP contribution in [0.2, 0.25) is 0 Å². The molecule has 0 amide bonds. The Morgan fingerprint density at radius 1 is 1.06 bits per heavy atom. The molecule has 1 aromatic rings. The molecule has 0 aliphatic heterocycles. The van der Waals surface area contributed by atoms with Gasteiger partial charge in [-0.3, -0.25) is 0 Å². The van der Waals surface area contributed by atoms with E-state index in [4.69, 9.17) is 4.74 Å². The molecule has 1 fully saturated rings. The van der Waals surface area contributed by atoms with Crippen molar-refractivity contribution in [3.05, 3.63) is 29.3 Å². The standard InChI is InChI=1S/C15H21O.BrH.Zn/c1-12-8-7-9-13(2)15(12)16-14-10-5-3-4-6-11-14;;/h8-9,14H,3-6,10-11H2,1-2H3;1H;/q-1;;+2/p-1.